The molecule has 5 aliphatic carbocycles. The number of halogens is 3. The number of hydrogen-bond acceptors (Lipinski definition) is 8. The maximum absolute atomic E-state index is 13.7. The highest BCUT2D eigenvalue weighted by atomic mass is 32.2. The Morgan fingerprint density at radius 2 is 1.50 bits per heavy atom. The van der Waals surface area contributed by atoms with Gasteiger partial charge in [-0.2, -0.15) is 13.2 Å². The molecule has 8 rings (SSSR count). The lowest BCUT2D eigenvalue weighted by Gasteiger charge is -2.72. The van der Waals surface area contributed by atoms with Crippen LogP contribution in [-0.4, -0.2) is 117 Å². The molecule has 3 N–H and O–H groups in total. The smallest absolute Gasteiger partial charge is 0.475 e. The summed E-state index contributed by atoms with van der Waals surface area (Å²) in [5.41, 5.74) is 3.77. The molecular weight excluding hydrogens is 822 g/mol. The van der Waals surface area contributed by atoms with Crippen molar-refractivity contribution in [2.75, 3.05) is 57.9 Å². The molecule has 2 amide bonds. The molecule has 2 saturated heterocycles. The monoisotopic (exact) mass is 890 g/mol. The van der Waals surface area contributed by atoms with E-state index in [2.05, 4.69) is 68.4 Å². The molecule has 0 unspecified atom stereocenters. The Bertz CT molecular complexity index is 1990. The molecule has 62 heavy (non-hydrogen) atoms. The number of fused-ring (bicyclic) bond motifs is 7. The van der Waals surface area contributed by atoms with Crippen LogP contribution in [0.5, 0.6) is 0 Å². The lowest BCUT2D eigenvalue weighted by atomic mass is 9.33. The minimum Gasteiger partial charge on any atom is -0.475 e. The third kappa shape index (κ3) is 8.33. The minimum absolute atomic E-state index is 0.000547. The molecule has 1 aromatic rings. The van der Waals surface area contributed by atoms with Gasteiger partial charge in [0.05, 0.1) is 24.2 Å². The number of amides is 2. The molecular formula is C47H69F3N4O7S. The van der Waals surface area contributed by atoms with Crippen molar-refractivity contribution in [3.05, 3.63) is 41.5 Å². The molecule has 9 atom stereocenters. The van der Waals surface area contributed by atoms with Crippen molar-refractivity contribution >= 4 is 33.4 Å². The summed E-state index contributed by atoms with van der Waals surface area (Å²) < 4.78 is 61.0. The number of likely N-dealkylation sites (tertiary alicyclic amines) is 1. The summed E-state index contributed by atoms with van der Waals surface area (Å²) in [5.74, 6) is -0.430. The van der Waals surface area contributed by atoms with E-state index in [1.807, 2.05) is 17.0 Å². The zero-order valence-electron chi connectivity index (χ0n) is 37.5. The number of carbonyl (C=O) groups is 3. The van der Waals surface area contributed by atoms with E-state index in [1.54, 1.807) is 0 Å². The normalized spacial score (nSPS) is 37.3. The van der Waals surface area contributed by atoms with Gasteiger partial charge in [0.2, 0.25) is 0 Å². The summed E-state index contributed by atoms with van der Waals surface area (Å²) in [5, 5.41) is 15.0. The first kappa shape index (κ1) is 46.8. The molecule has 0 radical (unpaired) electrons. The molecule has 1 aromatic carbocycles. The molecule has 4 saturated carbocycles. The third-order valence-corrected chi connectivity index (χ3v) is 19.5. The SMILES string of the molecule is COC(=O)c1ccc(C2=CC[C@]3(C)[C@H]4CC[C@@H]5[C@H]6[C@H](NC(=O)N7CCCC7)CC[C@]6(NCCN6CCS(=O)(=O)CC6)CC[C@@]5(C)[C@]4(C)CC[C@H]3C2(C)C)cc1.O=C(O)C(F)(F)F. The number of esters is 1. The van der Waals surface area contributed by atoms with Crippen molar-refractivity contribution in [3.8, 4) is 0 Å². The third-order valence-electron chi connectivity index (χ3n) is 17.9. The van der Waals surface area contributed by atoms with Gasteiger partial charge in [-0.1, -0.05) is 52.8 Å². The van der Waals surface area contributed by atoms with Crippen molar-refractivity contribution < 1.29 is 45.8 Å². The van der Waals surface area contributed by atoms with Gasteiger partial charge in [0, 0.05) is 56.8 Å². The predicted molar refractivity (Wildman–Crippen MR) is 232 cm³/mol. The molecule has 6 fully saturated rings. The first-order valence-electron chi connectivity index (χ1n) is 22.9. The summed E-state index contributed by atoms with van der Waals surface area (Å²) in [4.78, 5) is 39.2. The van der Waals surface area contributed by atoms with Gasteiger partial charge >= 0.3 is 24.1 Å². The van der Waals surface area contributed by atoms with E-state index in [4.69, 9.17) is 14.6 Å². The number of alkyl halides is 3. The minimum atomic E-state index is -5.08. The highest BCUT2D eigenvalue weighted by molar-refractivity contribution is 7.91. The zero-order valence-corrected chi connectivity index (χ0v) is 38.4. The van der Waals surface area contributed by atoms with Crippen LogP contribution in [0.4, 0.5) is 18.0 Å². The second-order valence-electron chi connectivity index (χ2n) is 21.0. The van der Waals surface area contributed by atoms with E-state index < -0.39 is 22.0 Å². The van der Waals surface area contributed by atoms with Crippen LogP contribution in [0, 0.1) is 45.3 Å². The number of carboxylic acid groups (broad SMARTS) is 1. The fourth-order valence-electron chi connectivity index (χ4n) is 14.7. The molecule has 7 aliphatic rings. The van der Waals surface area contributed by atoms with Gasteiger partial charge in [0.1, 0.15) is 0 Å². The Balaban J connectivity index is 0.000000762. The molecule has 0 aromatic heterocycles. The number of hydrogen-bond donors (Lipinski definition) is 3. The van der Waals surface area contributed by atoms with Gasteiger partial charge in [0.15, 0.2) is 9.84 Å². The number of urea groups is 1. The van der Waals surface area contributed by atoms with Gasteiger partial charge in [-0.15, -0.1) is 0 Å². The van der Waals surface area contributed by atoms with E-state index in [9.17, 15) is 31.2 Å². The van der Waals surface area contributed by atoms with Crippen LogP contribution in [0.2, 0.25) is 0 Å². The fourth-order valence-corrected chi connectivity index (χ4v) is 15.9. The van der Waals surface area contributed by atoms with Crippen LogP contribution in [0.1, 0.15) is 121 Å². The van der Waals surface area contributed by atoms with E-state index in [1.165, 1.54) is 50.4 Å². The average molecular weight is 891 g/mol. The number of methoxy groups -OCH3 is 1. The Morgan fingerprint density at radius 3 is 2.11 bits per heavy atom. The number of sulfone groups is 1. The van der Waals surface area contributed by atoms with Crippen LogP contribution < -0.4 is 10.6 Å². The maximum atomic E-state index is 13.7. The highest BCUT2D eigenvalue weighted by Gasteiger charge is 2.70. The number of ether oxygens (including phenoxy) is 1. The standard InChI is InChI=1S/C45H68N4O5S.C2HF3O2/c1-41(2)33(31-9-11-32(12-10-31)39(50)54-6)15-18-42(3)36(41)17-19-44(5)37(42)14-13-34-38-35(47-40(51)49-24-7-8-25-49)16-20-45(38,22-21-43(34,44)4)46-23-26-48-27-29-55(52,53)30-28-48;3-2(4,5)1(6)7/h9-12,15,34-38,46H,7-8,13-14,16-30H2,1-6H3,(H,47,51);(H,6,7)/t34-,35-,36+,37-,38+,42+,43-,44-,45+;/m1./s1. The van der Waals surface area contributed by atoms with Gasteiger partial charge in [-0.05, 0) is 133 Å². The molecule has 2 heterocycles. The Hall–Kier alpha value is -3.17. The van der Waals surface area contributed by atoms with E-state index in [0.29, 0.717) is 42.3 Å². The van der Waals surface area contributed by atoms with Crippen LogP contribution in [0.15, 0.2) is 30.3 Å². The van der Waals surface area contributed by atoms with Crippen molar-refractivity contribution in [2.24, 2.45) is 45.3 Å². The number of carbonyl (C=O) groups excluding carboxylic acids is 2. The van der Waals surface area contributed by atoms with Crippen molar-refractivity contribution in [3.63, 3.8) is 0 Å². The molecule has 0 spiro atoms. The molecule has 11 nitrogen and oxygen atoms in total. The number of benzene rings is 1. The van der Waals surface area contributed by atoms with Crippen LogP contribution in [-0.2, 0) is 19.4 Å². The van der Waals surface area contributed by atoms with Crippen LogP contribution >= 0.6 is 0 Å². The quantitative estimate of drug-likeness (QED) is 0.234. The Labute approximate surface area is 366 Å². The van der Waals surface area contributed by atoms with Crippen molar-refractivity contribution in [1.82, 2.24) is 20.4 Å². The number of allylic oxidation sites excluding steroid dienone is 2. The number of rotatable bonds is 7. The average Bonchev–Trinajstić information content (AvgIpc) is 3.88. The second kappa shape index (κ2) is 17.0. The summed E-state index contributed by atoms with van der Waals surface area (Å²) >= 11 is 0. The zero-order chi connectivity index (χ0) is 45.1. The van der Waals surface area contributed by atoms with E-state index >= 15 is 0 Å². The lowest BCUT2D eigenvalue weighted by molar-refractivity contribution is -0.218. The number of carboxylic acids is 1. The summed E-state index contributed by atoms with van der Waals surface area (Å²) in [6.07, 6.45) is 10.1. The Morgan fingerprint density at radius 1 is 0.855 bits per heavy atom. The van der Waals surface area contributed by atoms with Crippen molar-refractivity contribution in [2.45, 2.75) is 123 Å². The van der Waals surface area contributed by atoms with E-state index in [0.717, 1.165) is 64.7 Å². The first-order chi connectivity index (χ1) is 29.0. The van der Waals surface area contributed by atoms with Gasteiger partial charge in [0.25, 0.3) is 0 Å². The number of nitrogens with one attached hydrogen (secondary N) is 2. The summed E-state index contributed by atoms with van der Waals surface area (Å²) in [6, 6.07) is 8.35. The molecule has 0 bridgehead atoms. The molecule has 2 aliphatic heterocycles. The summed E-state index contributed by atoms with van der Waals surface area (Å²) in [6.45, 7) is 17.7. The van der Waals surface area contributed by atoms with Crippen LogP contribution in [0.25, 0.3) is 5.57 Å². The van der Waals surface area contributed by atoms with Gasteiger partial charge in [-0.25, -0.2) is 22.8 Å². The highest BCUT2D eigenvalue weighted by Crippen LogP contribution is 2.76. The lowest BCUT2D eigenvalue weighted by Crippen LogP contribution is -2.69. The number of nitrogens with zero attached hydrogens (tertiary/aromatic N) is 2. The molecule has 15 heteroatoms. The molecule has 346 valence electrons. The topological polar surface area (TPSA) is 145 Å². The van der Waals surface area contributed by atoms with Gasteiger partial charge < -0.3 is 30.3 Å². The fraction of sp³-hybridized carbons (Fsp3) is 0.766. The summed E-state index contributed by atoms with van der Waals surface area (Å²) in [7, 11) is -1.47. The van der Waals surface area contributed by atoms with Crippen molar-refractivity contribution in [1.29, 1.82) is 0 Å². The largest absolute Gasteiger partial charge is 0.490 e. The first-order valence-corrected chi connectivity index (χ1v) is 24.8. The predicted octanol–water partition coefficient (Wildman–Crippen LogP) is 7.81. The number of aliphatic carboxylic acids is 1. The van der Waals surface area contributed by atoms with Gasteiger partial charge in [-0.3, -0.25) is 0 Å². The van der Waals surface area contributed by atoms with Crippen LogP contribution in [0.3, 0.4) is 0 Å². The maximum Gasteiger partial charge on any atom is 0.490 e. The Kier molecular flexibility index (Phi) is 12.8. The second-order valence-corrected chi connectivity index (χ2v) is 23.3. The van der Waals surface area contributed by atoms with E-state index in [-0.39, 0.29) is 56.7 Å².